The van der Waals surface area contributed by atoms with Gasteiger partial charge in [-0.15, -0.1) is 0 Å². The van der Waals surface area contributed by atoms with E-state index in [0.29, 0.717) is 6.54 Å². The van der Waals surface area contributed by atoms with Gasteiger partial charge in [0.2, 0.25) is 5.82 Å². The van der Waals surface area contributed by atoms with Crippen LogP contribution in [-0.4, -0.2) is 45.6 Å². The number of nitrogens with zero attached hydrogens (tertiary/aromatic N) is 3. The Bertz CT molecular complexity index is 607. The Morgan fingerprint density at radius 3 is 2.68 bits per heavy atom. The number of aromatic amines is 1. The van der Waals surface area contributed by atoms with Gasteiger partial charge in [-0.25, -0.2) is 4.98 Å². The molecule has 2 heterocycles. The van der Waals surface area contributed by atoms with E-state index in [1.54, 1.807) is 0 Å². The Kier molecular flexibility index (Phi) is 4.70. The van der Waals surface area contributed by atoms with E-state index in [-0.39, 0.29) is 17.8 Å². The first-order chi connectivity index (χ1) is 10.7. The summed E-state index contributed by atoms with van der Waals surface area (Å²) >= 11 is 5.97. The van der Waals surface area contributed by atoms with Crippen LogP contribution >= 0.6 is 11.6 Å². The van der Waals surface area contributed by atoms with Crippen LogP contribution in [-0.2, 0) is 0 Å². The lowest BCUT2D eigenvalue weighted by Gasteiger charge is -2.28. The molecule has 6 nitrogen and oxygen atoms in total. The number of amides is 1. The Morgan fingerprint density at radius 1 is 1.32 bits per heavy atom. The van der Waals surface area contributed by atoms with Crippen LogP contribution in [0.2, 0.25) is 5.02 Å². The van der Waals surface area contributed by atoms with Crippen LogP contribution in [0, 0.1) is 0 Å². The standard InChI is InChI=1S/C15H18ClN5O/c16-12-5-3-11(4-6-12)13(21-7-1-2-8-21)9-17-15(22)14-18-10-19-20-14/h3-6,10,13H,1-2,7-9H2,(H,17,22)(H,18,19,20)/t13-/m1/s1. The van der Waals surface area contributed by atoms with E-state index < -0.39 is 0 Å². The molecule has 116 valence electrons. The Labute approximate surface area is 133 Å². The Balaban J connectivity index is 1.71. The molecule has 0 spiro atoms. The van der Waals surface area contributed by atoms with Crippen LogP contribution in [0.5, 0.6) is 0 Å². The van der Waals surface area contributed by atoms with E-state index in [1.807, 2.05) is 24.3 Å². The van der Waals surface area contributed by atoms with Crippen molar-refractivity contribution in [2.24, 2.45) is 0 Å². The third-order valence-electron chi connectivity index (χ3n) is 3.92. The number of carbonyl (C=O) groups is 1. The summed E-state index contributed by atoms with van der Waals surface area (Å²) in [4.78, 5) is 18.3. The molecule has 1 aromatic heterocycles. The van der Waals surface area contributed by atoms with E-state index in [9.17, 15) is 4.79 Å². The molecule has 0 saturated carbocycles. The third-order valence-corrected chi connectivity index (χ3v) is 4.17. The largest absolute Gasteiger partial charge is 0.347 e. The van der Waals surface area contributed by atoms with Gasteiger partial charge in [-0.2, -0.15) is 5.10 Å². The molecule has 1 aliphatic heterocycles. The van der Waals surface area contributed by atoms with Crippen molar-refractivity contribution in [3.63, 3.8) is 0 Å². The van der Waals surface area contributed by atoms with Crippen molar-refractivity contribution >= 4 is 17.5 Å². The summed E-state index contributed by atoms with van der Waals surface area (Å²) in [5, 5.41) is 9.91. The van der Waals surface area contributed by atoms with Crippen LogP contribution in [0.15, 0.2) is 30.6 Å². The number of halogens is 1. The Hall–Kier alpha value is -1.92. The Morgan fingerprint density at radius 2 is 2.05 bits per heavy atom. The highest BCUT2D eigenvalue weighted by Gasteiger charge is 2.24. The zero-order valence-electron chi connectivity index (χ0n) is 12.1. The number of carbonyl (C=O) groups excluding carboxylic acids is 1. The first-order valence-electron chi connectivity index (χ1n) is 7.37. The fourth-order valence-electron chi connectivity index (χ4n) is 2.78. The lowest BCUT2D eigenvalue weighted by Crippen LogP contribution is -2.37. The maximum atomic E-state index is 12.0. The van der Waals surface area contributed by atoms with Crippen molar-refractivity contribution in [1.29, 1.82) is 0 Å². The summed E-state index contributed by atoms with van der Waals surface area (Å²) in [7, 11) is 0. The van der Waals surface area contributed by atoms with Gasteiger partial charge in [-0.05, 0) is 43.6 Å². The lowest BCUT2D eigenvalue weighted by molar-refractivity contribution is 0.0928. The smallest absolute Gasteiger partial charge is 0.288 e. The summed E-state index contributed by atoms with van der Waals surface area (Å²) < 4.78 is 0. The van der Waals surface area contributed by atoms with E-state index in [2.05, 4.69) is 25.4 Å². The van der Waals surface area contributed by atoms with Crippen molar-refractivity contribution in [3.8, 4) is 0 Å². The minimum Gasteiger partial charge on any atom is -0.347 e. The molecule has 3 rings (SSSR count). The first kappa shape index (κ1) is 15.0. The molecule has 0 aliphatic carbocycles. The summed E-state index contributed by atoms with van der Waals surface area (Å²) in [5.74, 6) is -0.00746. The fraction of sp³-hybridized carbons (Fsp3) is 0.400. The molecule has 1 atom stereocenters. The van der Waals surface area contributed by atoms with Gasteiger partial charge in [0.15, 0.2) is 0 Å². The number of aromatic nitrogens is 3. The molecule has 22 heavy (non-hydrogen) atoms. The fourth-order valence-corrected chi connectivity index (χ4v) is 2.91. The predicted octanol–water partition coefficient (Wildman–Crippen LogP) is 2.02. The second kappa shape index (κ2) is 6.89. The zero-order chi connectivity index (χ0) is 15.4. The van der Waals surface area contributed by atoms with Gasteiger partial charge in [-0.1, -0.05) is 23.7 Å². The maximum Gasteiger partial charge on any atom is 0.288 e. The monoisotopic (exact) mass is 319 g/mol. The van der Waals surface area contributed by atoms with Gasteiger partial charge in [0.05, 0.1) is 6.04 Å². The van der Waals surface area contributed by atoms with Crippen molar-refractivity contribution in [2.45, 2.75) is 18.9 Å². The second-order valence-corrected chi connectivity index (χ2v) is 5.79. The van der Waals surface area contributed by atoms with Crippen LogP contribution < -0.4 is 5.32 Å². The van der Waals surface area contributed by atoms with Crippen LogP contribution in [0.3, 0.4) is 0 Å². The molecule has 0 radical (unpaired) electrons. The van der Waals surface area contributed by atoms with Gasteiger partial charge in [-0.3, -0.25) is 14.8 Å². The molecule has 1 amide bonds. The maximum absolute atomic E-state index is 12.0. The van der Waals surface area contributed by atoms with Gasteiger partial charge < -0.3 is 5.32 Å². The van der Waals surface area contributed by atoms with Crippen LogP contribution in [0.1, 0.15) is 35.1 Å². The van der Waals surface area contributed by atoms with Crippen molar-refractivity contribution in [2.75, 3.05) is 19.6 Å². The van der Waals surface area contributed by atoms with Crippen molar-refractivity contribution < 1.29 is 4.79 Å². The summed E-state index contributed by atoms with van der Waals surface area (Å²) in [6, 6.07) is 7.96. The zero-order valence-corrected chi connectivity index (χ0v) is 12.9. The van der Waals surface area contributed by atoms with Crippen molar-refractivity contribution in [3.05, 3.63) is 47.0 Å². The summed E-state index contributed by atoms with van der Waals surface area (Å²) in [6.07, 6.45) is 3.71. The summed E-state index contributed by atoms with van der Waals surface area (Å²) in [5.41, 5.74) is 1.16. The first-order valence-corrected chi connectivity index (χ1v) is 7.75. The predicted molar refractivity (Wildman–Crippen MR) is 83.7 cm³/mol. The second-order valence-electron chi connectivity index (χ2n) is 5.35. The van der Waals surface area contributed by atoms with Crippen LogP contribution in [0.4, 0.5) is 0 Å². The van der Waals surface area contributed by atoms with E-state index in [0.717, 1.165) is 23.7 Å². The van der Waals surface area contributed by atoms with E-state index >= 15 is 0 Å². The summed E-state index contributed by atoms with van der Waals surface area (Å²) in [6.45, 7) is 2.62. The number of hydrogen-bond acceptors (Lipinski definition) is 4. The van der Waals surface area contributed by atoms with E-state index in [4.69, 9.17) is 11.6 Å². The molecule has 0 bridgehead atoms. The number of nitrogens with one attached hydrogen (secondary N) is 2. The average molecular weight is 320 g/mol. The number of hydrogen-bond donors (Lipinski definition) is 2. The molecule has 1 fully saturated rings. The number of rotatable bonds is 5. The lowest BCUT2D eigenvalue weighted by atomic mass is 10.1. The SMILES string of the molecule is O=C(NC[C@H](c1ccc(Cl)cc1)N1CCCC1)c1ncn[nH]1. The molecule has 2 aromatic rings. The molecular formula is C15H18ClN5O. The molecule has 2 N–H and O–H groups in total. The van der Waals surface area contributed by atoms with Crippen molar-refractivity contribution in [1.82, 2.24) is 25.4 Å². The normalized spacial score (nSPS) is 16.6. The van der Waals surface area contributed by atoms with Gasteiger partial charge in [0, 0.05) is 11.6 Å². The average Bonchev–Trinajstić information content (AvgIpc) is 3.22. The minimum atomic E-state index is -0.240. The van der Waals surface area contributed by atoms with Gasteiger partial charge >= 0.3 is 0 Å². The third kappa shape index (κ3) is 3.45. The highest BCUT2D eigenvalue weighted by molar-refractivity contribution is 6.30. The molecule has 1 saturated heterocycles. The topological polar surface area (TPSA) is 73.9 Å². The molecular weight excluding hydrogens is 302 g/mol. The molecule has 0 unspecified atom stereocenters. The highest BCUT2D eigenvalue weighted by atomic mass is 35.5. The molecule has 7 heteroatoms. The molecule has 1 aromatic carbocycles. The van der Waals surface area contributed by atoms with Crippen LogP contribution in [0.25, 0.3) is 0 Å². The van der Waals surface area contributed by atoms with Gasteiger partial charge in [0.25, 0.3) is 5.91 Å². The molecule has 1 aliphatic rings. The minimum absolute atomic E-state index is 0.145. The highest BCUT2D eigenvalue weighted by Crippen LogP contribution is 2.25. The quantitative estimate of drug-likeness (QED) is 0.884. The number of likely N-dealkylation sites (tertiary alicyclic amines) is 1. The number of benzene rings is 1. The van der Waals surface area contributed by atoms with E-state index in [1.165, 1.54) is 19.2 Å². The van der Waals surface area contributed by atoms with Gasteiger partial charge in [0.1, 0.15) is 6.33 Å². The number of H-pyrrole nitrogens is 1.